The SMILES string of the molecule is CC(=O)OCCN1c2ccccc2N(C(C)=O)c2ccccc21. The topological polar surface area (TPSA) is 49.9 Å². The third-order valence-corrected chi connectivity index (χ3v) is 3.76. The van der Waals surface area contributed by atoms with E-state index in [0.717, 1.165) is 22.7 Å². The molecule has 0 aromatic heterocycles. The van der Waals surface area contributed by atoms with Crippen molar-refractivity contribution in [3.05, 3.63) is 48.5 Å². The van der Waals surface area contributed by atoms with Crippen molar-refractivity contribution in [3.8, 4) is 0 Å². The lowest BCUT2D eigenvalue weighted by atomic mass is 10.1. The number of carbonyl (C=O) groups excluding carboxylic acids is 2. The van der Waals surface area contributed by atoms with Gasteiger partial charge in [-0.1, -0.05) is 24.3 Å². The number of amides is 1. The lowest BCUT2D eigenvalue weighted by molar-refractivity contribution is -0.140. The first kappa shape index (κ1) is 15.1. The van der Waals surface area contributed by atoms with Crippen LogP contribution in [0.3, 0.4) is 0 Å². The molecular formula is C18H18N2O3. The Kier molecular flexibility index (Phi) is 4.02. The molecule has 118 valence electrons. The minimum absolute atomic E-state index is 0.0375. The maximum absolute atomic E-state index is 12.2. The zero-order valence-corrected chi connectivity index (χ0v) is 13.2. The van der Waals surface area contributed by atoms with Crippen LogP contribution in [0, 0.1) is 0 Å². The number of fused-ring (bicyclic) bond motifs is 2. The maximum Gasteiger partial charge on any atom is 0.302 e. The predicted molar refractivity (Wildman–Crippen MR) is 89.3 cm³/mol. The van der Waals surface area contributed by atoms with Crippen LogP contribution in [0.5, 0.6) is 0 Å². The predicted octanol–water partition coefficient (Wildman–Crippen LogP) is 3.39. The fourth-order valence-electron chi connectivity index (χ4n) is 2.88. The van der Waals surface area contributed by atoms with Gasteiger partial charge in [-0.05, 0) is 24.3 Å². The Labute approximate surface area is 135 Å². The van der Waals surface area contributed by atoms with Crippen molar-refractivity contribution in [2.45, 2.75) is 13.8 Å². The molecule has 1 aliphatic rings. The second-order valence-electron chi connectivity index (χ2n) is 5.32. The van der Waals surface area contributed by atoms with Crippen LogP contribution in [-0.2, 0) is 14.3 Å². The average molecular weight is 310 g/mol. The number of esters is 1. The molecule has 0 saturated carbocycles. The summed E-state index contributed by atoms with van der Waals surface area (Å²) in [5.41, 5.74) is 3.52. The van der Waals surface area contributed by atoms with Crippen LogP contribution in [0.1, 0.15) is 13.8 Å². The van der Waals surface area contributed by atoms with Crippen LogP contribution < -0.4 is 9.80 Å². The molecule has 0 saturated heterocycles. The molecular weight excluding hydrogens is 292 g/mol. The van der Waals surface area contributed by atoms with Crippen molar-refractivity contribution in [1.29, 1.82) is 0 Å². The molecule has 0 N–H and O–H groups in total. The van der Waals surface area contributed by atoms with E-state index in [1.807, 2.05) is 48.5 Å². The lowest BCUT2D eigenvalue weighted by Crippen LogP contribution is -2.34. The van der Waals surface area contributed by atoms with Crippen molar-refractivity contribution in [2.24, 2.45) is 0 Å². The molecule has 0 fully saturated rings. The summed E-state index contributed by atoms with van der Waals surface area (Å²) in [5, 5.41) is 0. The number of nitrogens with zero attached hydrogens (tertiary/aromatic N) is 2. The standard InChI is InChI=1S/C18H18N2O3/c1-13(21)20-17-9-5-3-7-15(17)19(11-12-23-14(2)22)16-8-4-6-10-18(16)20/h3-10H,11-12H2,1-2H3. The molecule has 23 heavy (non-hydrogen) atoms. The van der Waals surface area contributed by atoms with E-state index in [4.69, 9.17) is 4.74 Å². The van der Waals surface area contributed by atoms with Gasteiger partial charge in [0.05, 0.1) is 29.3 Å². The number of hydrogen-bond donors (Lipinski definition) is 0. The summed E-state index contributed by atoms with van der Waals surface area (Å²) in [4.78, 5) is 27.0. The van der Waals surface area contributed by atoms with Gasteiger partial charge >= 0.3 is 5.97 Å². The van der Waals surface area contributed by atoms with Crippen molar-refractivity contribution in [1.82, 2.24) is 0 Å². The minimum Gasteiger partial charge on any atom is -0.464 e. The molecule has 2 aromatic carbocycles. The Morgan fingerprint density at radius 2 is 1.35 bits per heavy atom. The van der Waals surface area contributed by atoms with Crippen molar-refractivity contribution in [2.75, 3.05) is 23.0 Å². The van der Waals surface area contributed by atoms with E-state index in [9.17, 15) is 9.59 Å². The number of rotatable bonds is 3. The van der Waals surface area contributed by atoms with Gasteiger partial charge in [-0.15, -0.1) is 0 Å². The highest BCUT2D eigenvalue weighted by molar-refractivity contribution is 6.08. The van der Waals surface area contributed by atoms with Crippen LogP contribution in [0.4, 0.5) is 22.7 Å². The quantitative estimate of drug-likeness (QED) is 0.815. The molecule has 0 spiro atoms. The van der Waals surface area contributed by atoms with Gasteiger partial charge in [0, 0.05) is 13.8 Å². The molecule has 1 aliphatic heterocycles. The van der Waals surface area contributed by atoms with Gasteiger partial charge in [-0.25, -0.2) is 0 Å². The van der Waals surface area contributed by atoms with Gasteiger partial charge in [-0.2, -0.15) is 0 Å². The minimum atomic E-state index is -0.297. The van der Waals surface area contributed by atoms with E-state index in [2.05, 4.69) is 4.90 Å². The first-order valence-electron chi connectivity index (χ1n) is 7.49. The normalized spacial score (nSPS) is 12.4. The number of carbonyl (C=O) groups is 2. The number of anilines is 4. The van der Waals surface area contributed by atoms with Crippen molar-refractivity contribution >= 4 is 34.6 Å². The molecule has 1 amide bonds. The third-order valence-electron chi connectivity index (χ3n) is 3.76. The molecule has 0 unspecified atom stereocenters. The monoisotopic (exact) mass is 310 g/mol. The summed E-state index contributed by atoms with van der Waals surface area (Å²) >= 11 is 0. The summed E-state index contributed by atoms with van der Waals surface area (Å²) < 4.78 is 5.09. The maximum atomic E-state index is 12.2. The Morgan fingerprint density at radius 1 is 0.870 bits per heavy atom. The summed E-state index contributed by atoms with van der Waals surface area (Å²) in [7, 11) is 0. The molecule has 0 bridgehead atoms. The molecule has 2 aromatic rings. The van der Waals surface area contributed by atoms with Gasteiger partial charge in [-0.3, -0.25) is 14.5 Å². The molecule has 0 atom stereocenters. The van der Waals surface area contributed by atoms with E-state index < -0.39 is 0 Å². The third kappa shape index (κ3) is 2.77. The highest BCUT2D eigenvalue weighted by Gasteiger charge is 2.29. The molecule has 0 radical (unpaired) electrons. The molecule has 1 heterocycles. The fraction of sp³-hybridized carbons (Fsp3) is 0.222. The largest absolute Gasteiger partial charge is 0.464 e. The van der Waals surface area contributed by atoms with Crippen molar-refractivity contribution in [3.63, 3.8) is 0 Å². The van der Waals surface area contributed by atoms with Crippen LogP contribution in [0.25, 0.3) is 0 Å². The Balaban J connectivity index is 2.06. The van der Waals surface area contributed by atoms with Gasteiger partial charge in [0.25, 0.3) is 0 Å². The van der Waals surface area contributed by atoms with E-state index in [1.165, 1.54) is 6.92 Å². The van der Waals surface area contributed by atoms with Crippen LogP contribution >= 0.6 is 0 Å². The average Bonchev–Trinajstić information content (AvgIpc) is 2.53. The number of benzene rings is 2. The van der Waals surface area contributed by atoms with Gasteiger partial charge in [0.2, 0.25) is 5.91 Å². The molecule has 5 nitrogen and oxygen atoms in total. The Hall–Kier alpha value is -2.82. The highest BCUT2D eigenvalue weighted by atomic mass is 16.5. The van der Waals surface area contributed by atoms with Gasteiger partial charge < -0.3 is 9.64 Å². The summed E-state index contributed by atoms with van der Waals surface area (Å²) in [6.45, 7) is 3.77. The van der Waals surface area contributed by atoms with Gasteiger partial charge in [0.1, 0.15) is 6.61 Å². The van der Waals surface area contributed by atoms with E-state index >= 15 is 0 Å². The second kappa shape index (κ2) is 6.12. The smallest absolute Gasteiger partial charge is 0.302 e. The van der Waals surface area contributed by atoms with Gasteiger partial charge in [0.15, 0.2) is 0 Å². The zero-order valence-electron chi connectivity index (χ0n) is 13.2. The van der Waals surface area contributed by atoms with Crippen LogP contribution in [-0.4, -0.2) is 25.0 Å². The zero-order chi connectivity index (χ0) is 16.4. The van der Waals surface area contributed by atoms with Crippen molar-refractivity contribution < 1.29 is 14.3 Å². The first-order valence-corrected chi connectivity index (χ1v) is 7.49. The lowest BCUT2D eigenvalue weighted by Gasteiger charge is -2.38. The number of para-hydroxylation sites is 4. The van der Waals surface area contributed by atoms with Crippen LogP contribution in [0.2, 0.25) is 0 Å². The fourth-order valence-corrected chi connectivity index (χ4v) is 2.88. The Morgan fingerprint density at radius 3 is 1.78 bits per heavy atom. The number of ether oxygens (including phenoxy) is 1. The van der Waals surface area contributed by atoms with E-state index in [0.29, 0.717) is 6.54 Å². The molecule has 5 heteroatoms. The molecule has 3 rings (SSSR count). The number of hydrogen-bond acceptors (Lipinski definition) is 4. The van der Waals surface area contributed by atoms with E-state index in [-0.39, 0.29) is 18.5 Å². The second-order valence-corrected chi connectivity index (χ2v) is 5.32. The summed E-state index contributed by atoms with van der Waals surface area (Å²) in [6.07, 6.45) is 0. The highest BCUT2D eigenvalue weighted by Crippen LogP contribution is 2.47. The Bertz CT molecular complexity index is 710. The molecule has 0 aliphatic carbocycles. The first-order chi connectivity index (χ1) is 11.1. The summed E-state index contributed by atoms with van der Waals surface area (Å²) in [5.74, 6) is -0.335. The van der Waals surface area contributed by atoms with E-state index in [1.54, 1.807) is 11.8 Å². The van der Waals surface area contributed by atoms with Crippen LogP contribution in [0.15, 0.2) is 48.5 Å². The summed E-state index contributed by atoms with van der Waals surface area (Å²) in [6, 6.07) is 15.5.